The van der Waals surface area contributed by atoms with Crippen LogP contribution >= 0.6 is 11.9 Å². The molecule has 0 aliphatic rings. The highest BCUT2D eigenvalue weighted by Gasteiger charge is 2.17. The summed E-state index contributed by atoms with van der Waals surface area (Å²) in [5, 5.41) is 12.2. The third kappa shape index (κ3) is 3.52. The molecular formula is C9H11N3O4S. The monoisotopic (exact) mass is 257 g/mol. The maximum Gasteiger partial charge on any atom is 0.361 e. The molecule has 1 rings (SSSR count). The number of nitrogens with zero attached hydrogens (tertiary/aromatic N) is 1. The quantitative estimate of drug-likeness (QED) is 0.172. The van der Waals surface area contributed by atoms with Gasteiger partial charge >= 0.3 is 5.97 Å². The van der Waals surface area contributed by atoms with E-state index in [1.54, 1.807) is 13.0 Å². The van der Waals surface area contributed by atoms with E-state index in [1.807, 2.05) is 0 Å². The molecule has 0 fully saturated rings. The molecule has 0 spiro atoms. The van der Waals surface area contributed by atoms with E-state index >= 15 is 0 Å². The Morgan fingerprint density at radius 3 is 3.12 bits per heavy atom. The molecular weight excluding hydrogens is 246 g/mol. The molecule has 17 heavy (non-hydrogen) atoms. The lowest BCUT2D eigenvalue weighted by Gasteiger charge is -2.00. The first-order valence-corrected chi connectivity index (χ1v) is 5.48. The van der Waals surface area contributed by atoms with Crippen molar-refractivity contribution in [1.82, 2.24) is 9.71 Å². The van der Waals surface area contributed by atoms with Crippen LogP contribution in [0, 0.1) is 0 Å². The van der Waals surface area contributed by atoms with Crippen LogP contribution in [0.15, 0.2) is 22.4 Å². The highest BCUT2D eigenvalue weighted by atomic mass is 32.2. The number of oxime groups is 1. The van der Waals surface area contributed by atoms with Crippen molar-refractivity contribution in [2.45, 2.75) is 11.9 Å². The summed E-state index contributed by atoms with van der Waals surface area (Å²) in [6.45, 7) is 1.84. The molecule has 1 aromatic rings. The Bertz CT molecular complexity index is 430. The van der Waals surface area contributed by atoms with E-state index in [0.717, 1.165) is 11.9 Å². The first kappa shape index (κ1) is 13.1. The van der Waals surface area contributed by atoms with Crippen molar-refractivity contribution in [1.29, 1.82) is 0 Å². The molecule has 7 nitrogen and oxygen atoms in total. The van der Waals surface area contributed by atoms with E-state index in [1.165, 1.54) is 6.20 Å². The predicted molar refractivity (Wildman–Crippen MR) is 60.8 cm³/mol. The maximum atomic E-state index is 11.4. The number of rotatable bonds is 6. The van der Waals surface area contributed by atoms with E-state index < -0.39 is 5.97 Å². The molecule has 0 unspecified atom stereocenters. The molecule has 0 aromatic carbocycles. The fourth-order valence-corrected chi connectivity index (χ4v) is 1.55. The smallest absolute Gasteiger partial charge is 0.361 e. The molecule has 0 aliphatic carbocycles. The Morgan fingerprint density at radius 1 is 1.76 bits per heavy atom. The van der Waals surface area contributed by atoms with E-state index in [9.17, 15) is 9.59 Å². The van der Waals surface area contributed by atoms with Crippen LogP contribution in [0.4, 0.5) is 0 Å². The second-order valence-electron chi connectivity index (χ2n) is 2.76. The molecule has 0 aliphatic heterocycles. The Morgan fingerprint density at radius 2 is 2.53 bits per heavy atom. The molecule has 1 heterocycles. The molecule has 1 amide bonds. The lowest BCUT2D eigenvalue weighted by molar-refractivity contribution is -0.135. The van der Waals surface area contributed by atoms with Crippen LogP contribution in [-0.2, 0) is 14.3 Å². The van der Waals surface area contributed by atoms with Gasteiger partial charge in [0.1, 0.15) is 0 Å². The summed E-state index contributed by atoms with van der Waals surface area (Å²) in [5.74, 6) is -0.714. The minimum absolute atomic E-state index is 0.191. The van der Waals surface area contributed by atoms with E-state index in [2.05, 4.69) is 14.9 Å². The van der Waals surface area contributed by atoms with Gasteiger partial charge in [0.2, 0.25) is 6.41 Å². The zero-order chi connectivity index (χ0) is 12.7. The Kier molecular flexibility index (Phi) is 5.08. The lowest BCUT2D eigenvalue weighted by atomic mass is 10.2. The van der Waals surface area contributed by atoms with Crippen LogP contribution in [0.25, 0.3) is 0 Å². The number of ether oxygens (including phenoxy) is 1. The third-order valence-electron chi connectivity index (χ3n) is 1.72. The van der Waals surface area contributed by atoms with Crippen LogP contribution < -0.4 is 4.72 Å². The number of carbonyl (C=O) groups excluding carboxylic acids is 2. The molecule has 8 heteroatoms. The van der Waals surface area contributed by atoms with Gasteiger partial charge in [-0.2, -0.15) is 0 Å². The molecule has 0 atom stereocenters. The van der Waals surface area contributed by atoms with Gasteiger partial charge in [-0.1, -0.05) is 5.16 Å². The SMILES string of the molecule is CCOC(=O)C(=NO)c1c[nH]c(SNC=O)c1. The number of aromatic nitrogens is 1. The lowest BCUT2D eigenvalue weighted by Crippen LogP contribution is -2.18. The highest BCUT2D eigenvalue weighted by Crippen LogP contribution is 2.15. The summed E-state index contributed by atoms with van der Waals surface area (Å²) in [6.07, 6.45) is 2.00. The minimum Gasteiger partial charge on any atom is -0.461 e. The van der Waals surface area contributed by atoms with E-state index in [0.29, 0.717) is 17.0 Å². The van der Waals surface area contributed by atoms with Crippen molar-refractivity contribution >= 4 is 30.0 Å². The number of amides is 1. The fraction of sp³-hybridized carbons (Fsp3) is 0.222. The summed E-state index contributed by atoms with van der Waals surface area (Å²) in [6, 6.07) is 1.55. The van der Waals surface area contributed by atoms with Gasteiger partial charge in [-0.05, 0) is 13.0 Å². The van der Waals surface area contributed by atoms with Crippen LogP contribution in [0.3, 0.4) is 0 Å². The van der Waals surface area contributed by atoms with Gasteiger partial charge in [-0.15, -0.1) is 0 Å². The summed E-state index contributed by atoms with van der Waals surface area (Å²) in [5.41, 5.74) is 0.183. The van der Waals surface area contributed by atoms with Crippen molar-refractivity contribution in [3.8, 4) is 0 Å². The molecule has 0 saturated heterocycles. The second kappa shape index (κ2) is 6.59. The normalized spacial score (nSPS) is 11.0. The fourth-order valence-electron chi connectivity index (χ4n) is 1.07. The Balaban J connectivity index is 2.79. The van der Waals surface area contributed by atoms with Gasteiger partial charge in [0.05, 0.1) is 11.6 Å². The average molecular weight is 257 g/mol. The van der Waals surface area contributed by atoms with Crippen LogP contribution in [-0.4, -0.2) is 34.9 Å². The average Bonchev–Trinajstić information content (AvgIpc) is 2.76. The van der Waals surface area contributed by atoms with Crippen LogP contribution in [0.1, 0.15) is 12.5 Å². The largest absolute Gasteiger partial charge is 0.461 e. The van der Waals surface area contributed by atoms with Gasteiger partial charge in [-0.25, -0.2) is 4.79 Å². The zero-order valence-corrected chi connectivity index (χ0v) is 9.78. The Labute approximate surface area is 101 Å². The number of hydrogen-bond acceptors (Lipinski definition) is 6. The molecule has 3 N–H and O–H groups in total. The van der Waals surface area contributed by atoms with E-state index in [4.69, 9.17) is 9.94 Å². The number of H-pyrrole nitrogens is 1. The van der Waals surface area contributed by atoms with Crippen LogP contribution in [0.5, 0.6) is 0 Å². The van der Waals surface area contributed by atoms with Gasteiger partial charge in [0.25, 0.3) is 0 Å². The van der Waals surface area contributed by atoms with Crippen molar-refractivity contribution < 1.29 is 19.5 Å². The highest BCUT2D eigenvalue weighted by molar-refractivity contribution is 7.97. The number of carbonyl (C=O) groups is 2. The number of aromatic amines is 1. The van der Waals surface area contributed by atoms with Crippen molar-refractivity contribution in [2.75, 3.05) is 6.61 Å². The maximum absolute atomic E-state index is 11.4. The standard InChI is InChI=1S/C9H11N3O4S/c1-2-16-9(14)8(12-15)6-3-7(10-4-6)17-11-5-13/h3-5,10,15H,2H2,1H3,(H,11,13). The van der Waals surface area contributed by atoms with Crippen molar-refractivity contribution in [2.24, 2.45) is 5.16 Å². The van der Waals surface area contributed by atoms with Crippen LogP contribution in [0.2, 0.25) is 0 Å². The number of esters is 1. The van der Waals surface area contributed by atoms with Gasteiger partial charge in [0.15, 0.2) is 5.71 Å². The summed E-state index contributed by atoms with van der Waals surface area (Å²) in [7, 11) is 0. The first-order valence-electron chi connectivity index (χ1n) is 4.66. The Hall–Kier alpha value is -1.96. The molecule has 92 valence electrons. The molecule has 0 radical (unpaired) electrons. The van der Waals surface area contributed by atoms with E-state index in [-0.39, 0.29) is 12.3 Å². The van der Waals surface area contributed by atoms with Gasteiger partial charge < -0.3 is 14.9 Å². The summed E-state index contributed by atoms with van der Waals surface area (Å²) < 4.78 is 7.09. The molecule has 0 saturated carbocycles. The van der Waals surface area contributed by atoms with Crippen molar-refractivity contribution in [3.63, 3.8) is 0 Å². The van der Waals surface area contributed by atoms with Crippen molar-refractivity contribution in [3.05, 3.63) is 17.8 Å². The third-order valence-corrected chi connectivity index (χ3v) is 2.39. The van der Waals surface area contributed by atoms with Gasteiger partial charge in [-0.3, -0.25) is 9.52 Å². The summed E-state index contributed by atoms with van der Waals surface area (Å²) >= 11 is 1.03. The minimum atomic E-state index is -0.714. The van der Waals surface area contributed by atoms with Gasteiger partial charge in [0, 0.05) is 23.7 Å². The summed E-state index contributed by atoms with van der Waals surface area (Å²) in [4.78, 5) is 24.3. The molecule has 1 aromatic heterocycles. The first-order chi connectivity index (χ1) is 8.22. The molecule has 0 bridgehead atoms. The zero-order valence-electron chi connectivity index (χ0n) is 8.97. The topological polar surface area (TPSA) is 104 Å². The second-order valence-corrected chi connectivity index (χ2v) is 3.64. The number of nitrogens with one attached hydrogen (secondary N) is 2. The number of hydrogen-bond donors (Lipinski definition) is 3. The predicted octanol–water partition coefficient (Wildman–Crippen LogP) is 0.509.